The number of ether oxygens (including phenoxy) is 2. The van der Waals surface area contributed by atoms with Crippen molar-refractivity contribution in [3.63, 3.8) is 0 Å². The molecule has 43 heavy (non-hydrogen) atoms. The molecule has 0 bridgehead atoms. The standard InChI is InChI=1S/C34H35NO7S/c36-33(29-7-3-1-4-8-29)31-15-11-27(12-16-31)24-41-21-19-26(23-35-43(38,39)40)20-22-42-25-28-13-17-32(18-14-28)34(37)30-9-5-2-6-10-30/h1-18,26,35H,19-25H2,(H,38,39,40). The fourth-order valence-electron chi connectivity index (χ4n) is 4.47. The lowest BCUT2D eigenvalue weighted by atomic mass is 10.0. The second-order valence-electron chi connectivity index (χ2n) is 10.2. The van der Waals surface area contributed by atoms with Gasteiger partial charge in [0.25, 0.3) is 0 Å². The Morgan fingerprint density at radius 3 is 1.35 bits per heavy atom. The van der Waals surface area contributed by atoms with Crippen molar-refractivity contribution in [3.05, 3.63) is 143 Å². The summed E-state index contributed by atoms with van der Waals surface area (Å²) >= 11 is 0. The quantitative estimate of drug-likeness (QED) is 0.0909. The number of nitrogens with one attached hydrogen (secondary N) is 1. The summed E-state index contributed by atoms with van der Waals surface area (Å²) in [5.74, 6) is -0.210. The predicted octanol–water partition coefficient (Wildman–Crippen LogP) is 5.67. The lowest BCUT2D eigenvalue weighted by molar-refractivity contribution is 0.0846. The molecule has 0 spiro atoms. The lowest BCUT2D eigenvalue weighted by Crippen LogP contribution is -2.30. The molecule has 0 saturated heterocycles. The van der Waals surface area contributed by atoms with E-state index >= 15 is 0 Å². The van der Waals surface area contributed by atoms with Crippen LogP contribution in [-0.2, 0) is 33.0 Å². The molecule has 8 nitrogen and oxygen atoms in total. The fraction of sp³-hybridized carbons (Fsp3) is 0.235. The molecule has 4 aromatic rings. The first kappa shape index (κ1) is 31.9. The van der Waals surface area contributed by atoms with Crippen molar-refractivity contribution in [3.8, 4) is 0 Å². The Kier molecular flexibility index (Phi) is 11.9. The summed E-state index contributed by atoms with van der Waals surface area (Å²) in [6.07, 6.45) is 1.10. The molecule has 0 atom stereocenters. The molecular formula is C34H35NO7S. The van der Waals surface area contributed by atoms with Crippen molar-refractivity contribution in [1.29, 1.82) is 0 Å². The first-order chi connectivity index (χ1) is 20.8. The van der Waals surface area contributed by atoms with Gasteiger partial charge in [-0.2, -0.15) is 13.1 Å². The predicted molar refractivity (Wildman–Crippen MR) is 164 cm³/mol. The maximum absolute atomic E-state index is 12.6. The van der Waals surface area contributed by atoms with Gasteiger partial charge in [-0.3, -0.25) is 14.1 Å². The van der Waals surface area contributed by atoms with Gasteiger partial charge in [0, 0.05) is 42.0 Å². The van der Waals surface area contributed by atoms with E-state index < -0.39 is 10.3 Å². The van der Waals surface area contributed by atoms with E-state index in [0.29, 0.717) is 61.5 Å². The molecule has 0 radical (unpaired) electrons. The van der Waals surface area contributed by atoms with Crippen LogP contribution in [0, 0.1) is 5.92 Å². The lowest BCUT2D eigenvalue weighted by Gasteiger charge is -2.17. The Morgan fingerprint density at radius 1 is 0.605 bits per heavy atom. The molecule has 224 valence electrons. The summed E-state index contributed by atoms with van der Waals surface area (Å²) in [6, 6.07) is 32.7. The highest BCUT2D eigenvalue weighted by molar-refractivity contribution is 7.83. The van der Waals surface area contributed by atoms with E-state index in [1.54, 1.807) is 48.5 Å². The molecule has 2 N–H and O–H groups in total. The van der Waals surface area contributed by atoms with Crippen LogP contribution in [0.15, 0.2) is 109 Å². The molecule has 4 rings (SSSR count). The number of hydrogen-bond donors (Lipinski definition) is 2. The number of benzene rings is 4. The van der Waals surface area contributed by atoms with Crippen molar-refractivity contribution in [2.24, 2.45) is 5.92 Å². The van der Waals surface area contributed by atoms with E-state index in [2.05, 4.69) is 4.72 Å². The van der Waals surface area contributed by atoms with Crippen molar-refractivity contribution < 1.29 is 32.0 Å². The number of rotatable bonds is 17. The van der Waals surface area contributed by atoms with E-state index in [1.807, 2.05) is 60.7 Å². The topological polar surface area (TPSA) is 119 Å². The van der Waals surface area contributed by atoms with Crippen LogP contribution in [0.4, 0.5) is 0 Å². The first-order valence-corrected chi connectivity index (χ1v) is 15.5. The molecule has 0 saturated carbocycles. The minimum atomic E-state index is -4.32. The number of carbonyl (C=O) groups is 2. The molecule has 0 unspecified atom stereocenters. The summed E-state index contributed by atoms with van der Waals surface area (Å²) in [5, 5.41) is 0. The van der Waals surface area contributed by atoms with Gasteiger partial charge in [0.1, 0.15) is 0 Å². The largest absolute Gasteiger partial charge is 0.377 e. The Balaban J connectivity index is 1.20. The summed E-state index contributed by atoms with van der Waals surface area (Å²) < 4.78 is 45.4. The van der Waals surface area contributed by atoms with E-state index in [4.69, 9.17) is 14.0 Å². The maximum Gasteiger partial charge on any atom is 0.333 e. The molecule has 0 aliphatic rings. The molecule has 4 aromatic carbocycles. The third-order valence-corrected chi connectivity index (χ3v) is 7.47. The second kappa shape index (κ2) is 16.0. The van der Waals surface area contributed by atoms with Gasteiger partial charge in [-0.15, -0.1) is 0 Å². The molecule has 0 heterocycles. The van der Waals surface area contributed by atoms with E-state index in [0.717, 1.165) is 11.1 Å². The van der Waals surface area contributed by atoms with Crippen LogP contribution in [0.25, 0.3) is 0 Å². The van der Waals surface area contributed by atoms with Gasteiger partial charge in [-0.25, -0.2) is 0 Å². The zero-order chi connectivity index (χ0) is 30.5. The van der Waals surface area contributed by atoms with Crippen LogP contribution >= 0.6 is 0 Å². The first-order valence-electron chi connectivity index (χ1n) is 14.0. The molecular weight excluding hydrogens is 566 g/mol. The van der Waals surface area contributed by atoms with Crippen molar-refractivity contribution >= 4 is 21.9 Å². The van der Waals surface area contributed by atoms with Crippen LogP contribution in [0.1, 0.15) is 55.8 Å². The van der Waals surface area contributed by atoms with Gasteiger partial charge in [-0.05, 0) is 29.9 Å². The van der Waals surface area contributed by atoms with Crippen molar-refractivity contribution in [1.82, 2.24) is 4.72 Å². The van der Waals surface area contributed by atoms with Gasteiger partial charge in [0.05, 0.1) is 13.2 Å². The number of hydrogen-bond acceptors (Lipinski definition) is 6. The summed E-state index contributed by atoms with van der Waals surface area (Å²) in [7, 11) is -4.32. The van der Waals surface area contributed by atoms with Gasteiger partial charge >= 0.3 is 10.3 Å². The van der Waals surface area contributed by atoms with Gasteiger partial charge in [0.2, 0.25) is 0 Å². The molecule has 0 fully saturated rings. The highest BCUT2D eigenvalue weighted by Gasteiger charge is 2.14. The van der Waals surface area contributed by atoms with Crippen LogP contribution < -0.4 is 4.72 Å². The van der Waals surface area contributed by atoms with E-state index in [1.165, 1.54) is 0 Å². The summed E-state index contributed by atoms with van der Waals surface area (Å²) in [4.78, 5) is 25.2. The average molecular weight is 602 g/mol. The van der Waals surface area contributed by atoms with Crippen LogP contribution in [0.5, 0.6) is 0 Å². The Hall–Kier alpha value is -3.99. The third kappa shape index (κ3) is 10.7. The minimum Gasteiger partial charge on any atom is -0.377 e. The Bertz CT molecular complexity index is 1450. The highest BCUT2D eigenvalue weighted by atomic mass is 32.2. The van der Waals surface area contributed by atoms with Crippen molar-refractivity contribution in [2.45, 2.75) is 26.1 Å². The minimum absolute atomic E-state index is 0.0420. The Labute approximate surface area is 252 Å². The third-order valence-electron chi connectivity index (χ3n) is 6.94. The normalized spacial score (nSPS) is 11.5. The molecule has 0 amide bonds. The maximum atomic E-state index is 12.6. The zero-order valence-electron chi connectivity index (χ0n) is 23.7. The smallest absolute Gasteiger partial charge is 0.333 e. The van der Waals surface area contributed by atoms with E-state index in [9.17, 15) is 18.0 Å². The highest BCUT2D eigenvalue weighted by Crippen LogP contribution is 2.15. The molecule has 0 aromatic heterocycles. The van der Waals surface area contributed by atoms with Crippen LogP contribution in [0.2, 0.25) is 0 Å². The number of ketones is 2. The monoisotopic (exact) mass is 601 g/mol. The number of carbonyl (C=O) groups excluding carboxylic acids is 2. The fourth-order valence-corrected chi connectivity index (χ4v) is 4.92. The molecule has 0 aliphatic heterocycles. The molecule has 9 heteroatoms. The van der Waals surface area contributed by atoms with Crippen molar-refractivity contribution in [2.75, 3.05) is 19.8 Å². The second-order valence-corrected chi connectivity index (χ2v) is 11.4. The van der Waals surface area contributed by atoms with E-state index in [-0.39, 0.29) is 24.0 Å². The summed E-state index contributed by atoms with van der Waals surface area (Å²) in [5.41, 5.74) is 4.29. The average Bonchev–Trinajstić information content (AvgIpc) is 3.03. The SMILES string of the molecule is O=C(c1ccccc1)c1ccc(COCCC(CCOCc2ccc(C(=O)c3ccccc3)cc2)CNS(=O)(=O)O)cc1. The summed E-state index contributed by atoms with van der Waals surface area (Å²) in [6.45, 7) is 1.49. The zero-order valence-corrected chi connectivity index (χ0v) is 24.5. The van der Waals surface area contributed by atoms with Crippen LogP contribution in [0.3, 0.4) is 0 Å². The van der Waals surface area contributed by atoms with Crippen LogP contribution in [-0.4, -0.2) is 44.3 Å². The van der Waals surface area contributed by atoms with Gasteiger partial charge < -0.3 is 9.47 Å². The van der Waals surface area contributed by atoms with Gasteiger partial charge in [0.15, 0.2) is 11.6 Å². The van der Waals surface area contributed by atoms with Gasteiger partial charge in [-0.1, -0.05) is 109 Å². The Morgan fingerprint density at radius 2 is 0.977 bits per heavy atom. The molecule has 0 aliphatic carbocycles.